The summed E-state index contributed by atoms with van der Waals surface area (Å²) in [6, 6.07) is 15.6. The van der Waals surface area contributed by atoms with E-state index in [1.807, 2.05) is 49.4 Å². The first-order chi connectivity index (χ1) is 14.0. The van der Waals surface area contributed by atoms with Gasteiger partial charge < -0.3 is 9.47 Å². The van der Waals surface area contributed by atoms with Crippen molar-refractivity contribution in [3.8, 4) is 0 Å². The molecule has 29 heavy (non-hydrogen) atoms. The van der Waals surface area contributed by atoms with E-state index in [0.717, 1.165) is 17.5 Å². The van der Waals surface area contributed by atoms with Gasteiger partial charge in [-0.2, -0.15) is 0 Å². The average molecular weight is 416 g/mol. The van der Waals surface area contributed by atoms with E-state index in [0.29, 0.717) is 17.9 Å². The second kappa shape index (κ2) is 12.0. The summed E-state index contributed by atoms with van der Waals surface area (Å²) in [5.74, 6) is -0.446. The number of carbonyl (C=O) groups is 1. The van der Waals surface area contributed by atoms with Crippen molar-refractivity contribution in [2.24, 2.45) is 0 Å². The Labute approximate surface area is 174 Å². The van der Waals surface area contributed by atoms with Crippen LogP contribution in [0, 0.1) is 10.1 Å². The van der Waals surface area contributed by atoms with Crippen molar-refractivity contribution in [3.05, 3.63) is 82.4 Å². The molecular formula is C21H24N2O5S. The van der Waals surface area contributed by atoms with Gasteiger partial charge in [-0.25, -0.2) is 4.72 Å². The van der Waals surface area contributed by atoms with Gasteiger partial charge in [0, 0.05) is 6.07 Å². The van der Waals surface area contributed by atoms with Crippen LogP contribution in [0.5, 0.6) is 0 Å². The average Bonchev–Trinajstić information content (AvgIpc) is 2.75. The molecule has 0 amide bonds. The molecule has 2 atom stereocenters. The van der Waals surface area contributed by atoms with Gasteiger partial charge in [0.2, 0.25) is 0 Å². The summed E-state index contributed by atoms with van der Waals surface area (Å²) in [7, 11) is 1.31. The lowest BCUT2D eigenvalue weighted by atomic mass is 10.2. The van der Waals surface area contributed by atoms with Crippen LogP contribution in [-0.4, -0.2) is 30.1 Å². The van der Waals surface area contributed by atoms with Crippen molar-refractivity contribution >= 4 is 23.6 Å². The number of nitrogens with zero attached hydrogens (tertiary/aromatic N) is 1. The molecule has 0 heterocycles. The van der Waals surface area contributed by atoms with E-state index in [1.165, 1.54) is 13.2 Å². The molecule has 8 heteroatoms. The first-order valence-corrected chi connectivity index (χ1v) is 9.88. The Bertz CT molecular complexity index is 829. The van der Waals surface area contributed by atoms with Crippen LogP contribution in [0.3, 0.4) is 0 Å². The maximum atomic E-state index is 12.0. The molecule has 1 N–H and O–H groups in total. The van der Waals surface area contributed by atoms with Gasteiger partial charge in [-0.05, 0) is 36.9 Å². The number of esters is 1. The van der Waals surface area contributed by atoms with Crippen LogP contribution in [0.25, 0.3) is 0 Å². The highest BCUT2D eigenvalue weighted by Crippen LogP contribution is 2.27. The number of benzene rings is 2. The largest absolute Gasteiger partial charge is 0.468 e. The molecule has 0 saturated carbocycles. The summed E-state index contributed by atoms with van der Waals surface area (Å²) in [5.41, 5.74) is 1.06. The first kappa shape index (κ1) is 22.6. The highest BCUT2D eigenvalue weighted by atomic mass is 32.2. The van der Waals surface area contributed by atoms with Gasteiger partial charge in [0.15, 0.2) is 0 Å². The molecule has 154 valence electrons. The molecule has 0 fully saturated rings. The molecule has 0 radical (unpaired) electrons. The minimum absolute atomic E-state index is 0.0212. The summed E-state index contributed by atoms with van der Waals surface area (Å²) in [6.07, 6.45) is 3.94. The number of nitrogens with one attached hydrogen (secondary N) is 1. The number of carbonyl (C=O) groups excluding carboxylic acids is 1. The highest BCUT2D eigenvalue weighted by Gasteiger charge is 2.20. The normalized spacial score (nSPS) is 13.2. The minimum atomic E-state index is -0.651. The van der Waals surface area contributed by atoms with Gasteiger partial charge in [-0.15, -0.1) is 0 Å². The molecule has 0 aliphatic carbocycles. The molecule has 0 aliphatic heterocycles. The molecule has 0 aliphatic rings. The van der Waals surface area contributed by atoms with Crippen molar-refractivity contribution in [2.75, 3.05) is 7.11 Å². The number of methoxy groups -OCH3 is 1. The Morgan fingerprint density at radius 2 is 1.90 bits per heavy atom. The molecule has 2 rings (SSSR count). The van der Waals surface area contributed by atoms with Gasteiger partial charge >= 0.3 is 5.97 Å². The zero-order valence-electron chi connectivity index (χ0n) is 16.3. The molecule has 2 aromatic rings. The quantitative estimate of drug-likeness (QED) is 0.192. The number of hydrogen-bond donors (Lipinski definition) is 1. The van der Waals surface area contributed by atoms with E-state index in [1.54, 1.807) is 18.2 Å². The number of rotatable bonds is 11. The third-order valence-electron chi connectivity index (χ3n) is 3.99. The van der Waals surface area contributed by atoms with Crippen molar-refractivity contribution in [1.29, 1.82) is 0 Å². The van der Waals surface area contributed by atoms with Crippen LogP contribution >= 0.6 is 11.9 Å². The van der Waals surface area contributed by atoms with Crippen molar-refractivity contribution in [3.63, 3.8) is 0 Å². The van der Waals surface area contributed by atoms with Crippen molar-refractivity contribution in [2.45, 2.75) is 37.0 Å². The van der Waals surface area contributed by atoms with Crippen LogP contribution in [0.15, 0.2) is 71.6 Å². The molecule has 0 saturated heterocycles. The van der Waals surface area contributed by atoms with Crippen molar-refractivity contribution < 1.29 is 19.2 Å². The van der Waals surface area contributed by atoms with Crippen molar-refractivity contribution in [1.82, 2.24) is 4.72 Å². The Kier molecular flexibility index (Phi) is 9.36. The van der Waals surface area contributed by atoms with E-state index in [9.17, 15) is 14.9 Å². The fraction of sp³-hybridized carbons (Fsp3) is 0.286. The standard InChI is InChI=1S/C21H24N2O5S/c1-16(28-15-17-10-4-3-5-11-17)9-8-12-18(21(24)27-2)22-29-20-14-7-6-13-19(20)23(25)26/h3-11,13-14,16,18,22H,12,15H2,1-2H3/b9-8+/t16-,18+/m0/s1. The molecular weight excluding hydrogens is 392 g/mol. The summed E-state index contributed by atoms with van der Waals surface area (Å²) in [4.78, 5) is 23.1. The monoisotopic (exact) mass is 416 g/mol. The lowest BCUT2D eigenvalue weighted by molar-refractivity contribution is -0.387. The minimum Gasteiger partial charge on any atom is -0.468 e. The van der Waals surface area contributed by atoms with Gasteiger partial charge in [-0.1, -0.05) is 54.6 Å². The van der Waals surface area contributed by atoms with E-state index in [-0.39, 0.29) is 11.8 Å². The summed E-state index contributed by atoms with van der Waals surface area (Å²) in [6.45, 7) is 2.42. The lowest BCUT2D eigenvalue weighted by Gasteiger charge is -2.14. The van der Waals surface area contributed by atoms with Crippen LogP contribution in [-0.2, 0) is 20.9 Å². The van der Waals surface area contributed by atoms with Gasteiger partial charge in [0.05, 0.1) is 24.7 Å². The Morgan fingerprint density at radius 3 is 2.59 bits per heavy atom. The van der Waals surface area contributed by atoms with Gasteiger partial charge in [0.1, 0.15) is 10.9 Å². The summed E-state index contributed by atoms with van der Waals surface area (Å²) < 4.78 is 13.6. The third kappa shape index (κ3) is 7.69. The topological polar surface area (TPSA) is 90.7 Å². The Balaban J connectivity index is 1.89. The molecule has 0 unspecified atom stereocenters. The maximum Gasteiger partial charge on any atom is 0.324 e. The Hall–Kier alpha value is -2.68. The van der Waals surface area contributed by atoms with Gasteiger partial charge in [-0.3, -0.25) is 14.9 Å². The number of nitro groups is 1. The third-order valence-corrected chi connectivity index (χ3v) is 4.96. The fourth-order valence-corrected chi connectivity index (χ4v) is 3.28. The zero-order chi connectivity index (χ0) is 21.1. The molecule has 2 aromatic carbocycles. The number of ether oxygens (including phenoxy) is 2. The molecule has 0 aromatic heterocycles. The highest BCUT2D eigenvalue weighted by molar-refractivity contribution is 7.97. The van der Waals surface area contributed by atoms with Crippen LogP contribution in [0.1, 0.15) is 18.9 Å². The predicted octanol–water partition coefficient (Wildman–Crippen LogP) is 4.28. The zero-order valence-corrected chi connectivity index (χ0v) is 17.1. The SMILES string of the molecule is COC(=O)[C@@H](C/C=C/[C@H](C)OCc1ccccc1)NSc1ccccc1[N+](=O)[O-]. The van der Waals surface area contributed by atoms with E-state index < -0.39 is 16.9 Å². The number of hydrogen-bond acceptors (Lipinski definition) is 7. The van der Waals surface area contributed by atoms with Crippen LogP contribution in [0.4, 0.5) is 5.69 Å². The van der Waals surface area contributed by atoms with Gasteiger partial charge in [0.25, 0.3) is 5.69 Å². The van der Waals surface area contributed by atoms with E-state index in [2.05, 4.69) is 4.72 Å². The second-order valence-corrected chi connectivity index (χ2v) is 7.07. The number of nitro benzene ring substituents is 1. The van der Waals surface area contributed by atoms with E-state index >= 15 is 0 Å². The van der Waals surface area contributed by atoms with Crippen LogP contribution in [0.2, 0.25) is 0 Å². The maximum absolute atomic E-state index is 12.0. The first-order valence-electron chi connectivity index (χ1n) is 9.07. The summed E-state index contributed by atoms with van der Waals surface area (Å²) in [5, 5.41) is 11.1. The molecule has 7 nitrogen and oxygen atoms in total. The number of para-hydroxylation sites is 1. The lowest BCUT2D eigenvalue weighted by Crippen LogP contribution is -2.33. The second-order valence-electron chi connectivity index (χ2n) is 6.19. The fourth-order valence-electron chi connectivity index (χ4n) is 2.43. The smallest absolute Gasteiger partial charge is 0.324 e. The predicted molar refractivity (Wildman–Crippen MR) is 112 cm³/mol. The van der Waals surface area contributed by atoms with E-state index in [4.69, 9.17) is 9.47 Å². The molecule has 0 spiro atoms. The molecule has 0 bridgehead atoms. The summed E-state index contributed by atoms with van der Waals surface area (Å²) >= 11 is 1.04. The van der Waals surface area contributed by atoms with Crippen LogP contribution < -0.4 is 4.72 Å². The Morgan fingerprint density at radius 1 is 1.21 bits per heavy atom.